The van der Waals surface area contributed by atoms with E-state index in [0.717, 1.165) is 0 Å². The number of benzene rings is 1. The third kappa shape index (κ3) is 2.83. The molecular weight excluding hydrogens is 252 g/mol. The molecule has 4 N–H and O–H groups in total. The zero-order valence-corrected chi connectivity index (χ0v) is 9.66. The van der Waals surface area contributed by atoms with Gasteiger partial charge in [-0.25, -0.2) is 4.98 Å². The fourth-order valence-corrected chi connectivity index (χ4v) is 1.49. The van der Waals surface area contributed by atoms with Gasteiger partial charge in [0.05, 0.1) is 11.5 Å². The Morgan fingerprint density at radius 2 is 2.32 bits per heavy atom. The van der Waals surface area contributed by atoms with Gasteiger partial charge >= 0.3 is 0 Å². The maximum Gasteiger partial charge on any atom is 0.292 e. The molecule has 0 radical (unpaired) electrons. The van der Waals surface area contributed by atoms with Crippen molar-refractivity contribution in [3.05, 3.63) is 46.0 Å². The molecule has 19 heavy (non-hydrogen) atoms. The van der Waals surface area contributed by atoms with Gasteiger partial charge in [-0.15, -0.1) is 0 Å². The van der Waals surface area contributed by atoms with E-state index in [1.54, 1.807) is 0 Å². The molecule has 98 valence electrons. The summed E-state index contributed by atoms with van der Waals surface area (Å²) in [5.41, 5.74) is 5.36. The van der Waals surface area contributed by atoms with Crippen molar-refractivity contribution in [3.63, 3.8) is 0 Å². The minimum atomic E-state index is -0.655. The smallest absolute Gasteiger partial charge is 0.292 e. The standard InChI is InChI=1S/C10H10N6O3/c11-10(17)6-1-2-8(16(18)19)7(3-6)12-4-9-13-5-14-15-9/h1-3,5,12H,4H2,(H2,11,17)(H,13,14,15). The Bertz CT molecular complexity index is 610. The fourth-order valence-electron chi connectivity index (χ4n) is 1.49. The number of carbonyl (C=O) groups is 1. The molecular formula is C10H10N6O3. The predicted molar refractivity (Wildman–Crippen MR) is 65.3 cm³/mol. The lowest BCUT2D eigenvalue weighted by Gasteiger charge is -2.06. The second-order valence-corrected chi connectivity index (χ2v) is 3.64. The van der Waals surface area contributed by atoms with E-state index in [4.69, 9.17) is 5.73 Å². The lowest BCUT2D eigenvalue weighted by molar-refractivity contribution is -0.384. The highest BCUT2D eigenvalue weighted by molar-refractivity contribution is 5.94. The third-order valence-electron chi connectivity index (χ3n) is 2.39. The summed E-state index contributed by atoms with van der Waals surface area (Å²) in [6.07, 6.45) is 1.32. The first-order chi connectivity index (χ1) is 9.08. The maximum atomic E-state index is 11.1. The van der Waals surface area contributed by atoms with Crippen LogP contribution < -0.4 is 11.1 Å². The number of carbonyl (C=O) groups excluding carboxylic acids is 1. The van der Waals surface area contributed by atoms with E-state index in [9.17, 15) is 14.9 Å². The normalized spacial score (nSPS) is 10.1. The second kappa shape index (κ2) is 5.12. The zero-order valence-electron chi connectivity index (χ0n) is 9.66. The number of amides is 1. The molecule has 0 aliphatic carbocycles. The van der Waals surface area contributed by atoms with Crippen molar-refractivity contribution in [2.24, 2.45) is 5.73 Å². The van der Waals surface area contributed by atoms with Crippen molar-refractivity contribution >= 4 is 17.3 Å². The number of hydrogen-bond acceptors (Lipinski definition) is 6. The molecule has 1 aromatic heterocycles. The Morgan fingerprint density at radius 3 is 2.89 bits per heavy atom. The molecule has 9 heteroatoms. The van der Waals surface area contributed by atoms with Gasteiger partial charge in [0.2, 0.25) is 5.91 Å². The number of aromatic nitrogens is 3. The summed E-state index contributed by atoms with van der Waals surface area (Å²) >= 11 is 0. The second-order valence-electron chi connectivity index (χ2n) is 3.64. The molecule has 0 unspecified atom stereocenters. The predicted octanol–water partition coefficient (Wildman–Crippen LogP) is 0.424. The number of anilines is 1. The van der Waals surface area contributed by atoms with Gasteiger partial charge in [-0.2, -0.15) is 5.10 Å². The van der Waals surface area contributed by atoms with Crippen LogP contribution in [-0.4, -0.2) is 26.0 Å². The van der Waals surface area contributed by atoms with Crippen molar-refractivity contribution in [2.75, 3.05) is 5.32 Å². The molecule has 0 bridgehead atoms. The van der Waals surface area contributed by atoms with Gasteiger partial charge < -0.3 is 11.1 Å². The van der Waals surface area contributed by atoms with Gasteiger partial charge in [0.1, 0.15) is 17.8 Å². The molecule has 0 atom stereocenters. The van der Waals surface area contributed by atoms with Crippen LogP contribution in [0.1, 0.15) is 16.2 Å². The molecule has 0 aliphatic rings. The van der Waals surface area contributed by atoms with Gasteiger partial charge in [0, 0.05) is 11.6 Å². The van der Waals surface area contributed by atoms with E-state index in [1.165, 1.54) is 24.5 Å². The van der Waals surface area contributed by atoms with Crippen LogP contribution in [0.5, 0.6) is 0 Å². The van der Waals surface area contributed by atoms with Crippen LogP contribution in [0.2, 0.25) is 0 Å². The summed E-state index contributed by atoms with van der Waals surface area (Å²) in [5, 5.41) is 19.9. The average molecular weight is 262 g/mol. The Morgan fingerprint density at radius 1 is 1.53 bits per heavy atom. The van der Waals surface area contributed by atoms with Crippen LogP contribution in [0.15, 0.2) is 24.5 Å². The van der Waals surface area contributed by atoms with E-state index in [1.807, 2.05) is 0 Å². The van der Waals surface area contributed by atoms with E-state index in [2.05, 4.69) is 20.5 Å². The highest BCUT2D eigenvalue weighted by Crippen LogP contribution is 2.25. The van der Waals surface area contributed by atoms with Crippen LogP contribution in [0.4, 0.5) is 11.4 Å². The first-order valence-electron chi connectivity index (χ1n) is 5.24. The monoisotopic (exact) mass is 262 g/mol. The minimum Gasteiger partial charge on any atom is -0.372 e. The van der Waals surface area contributed by atoms with Crippen LogP contribution in [0.25, 0.3) is 0 Å². The fraction of sp³-hybridized carbons (Fsp3) is 0.100. The number of H-pyrrole nitrogens is 1. The van der Waals surface area contributed by atoms with E-state index in [-0.39, 0.29) is 23.5 Å². The summed E-state index contributed by atoms with van der Waals surface area (Å²) in [4.78, 5) is 25.3. The number of rotatable bonds is 5. The van der Waals surface area contributed by atoms with Crippen molar-refractivity contribution < 1.29 is 9.72 Å². The van der Waals surface area contributed by atoms with Crippen molar-refractivity contribution in [1.82, 2.24) is 15.2 Å². The summed E-state index contributed by atoms with van der Waals surface area (Å²) < 4.78 is 0. The van der Waals surface area contributed by atoms with Crippen molar-refractivity contribution in [2.45, 2.75) is 6.54 Å². The Balaban J connectivity index is 2.27. The van der Waals surface area contributed by atoms with Gasteiger partial charge in [-0.3, -0.25) is 20.0 Å². The molecule has 0 saturated carbocycles. The molecule has 1 aromatic carbocycles. The van der Waals surface area contributed by atoms with Gasteiger partial charge in [-0.05, 0) is 12.1 Å². The van der Waals surface area contributed by atoms with Crippen LogP contribution in [-0.2, 0) is 6.54 Å². The molecule has 2 aromatic rings. The average Bonchev–Trinajstić information content (AvgIpc) is 2.88. The number of primary amides is 1. The van der Waals surface area contributed by atoms with Crippen molar-refractivity contribution in [1.29, 1.82) is 0 Å². The quantitative estimate of drug-likeness (QED) is 0.527. The summed E-state index contributed by atoms with van der Waals surface area (Å²) in [6, 6.07) is 3.86. The maximum absolute atomic E-state index is 11.1. The highest BCUT2D eigenvalue weighted by atomic mass is 16.6. The number of hydrogen-bond donors (Lipinski definition) is 3. The van der Waals surface area contributed by atoms with E-state index >= 15 is 0 Å². The summed E-state index contributed by atoms with van der Waals surface area (Å²) in [6.45, 7) is 0.211. The Kier molecular flexibility index (Phi) is 3.37. The molecule has 0 saturated heterocycles. The number of nitrogens with zero attached hydrogens (tertiary/aromatic N) is 3. The van der Waals surface area contributed by atoms with Crippen molar-refractivity contribution in [3.8, 4) is 0 Å². The van der Waals surface area contributed by atoms with Crippen LogP contribution in [0, 0.1) is 10.1 Å². The van der Waals surface area contributed by atoms with Gasteiger partial charge in [0.15, 0.2) is 0 Å². The summed E-state index contributed by atoms with van der Waals surface area (Å²) in [7, 11) is 0. The number of nitro benzene ring substituents is 1. The largest absolute Gasteiger partial charge is 0.372 e. The van der Waals surface area contributed by atoms with E-state index in [0.29, 0.717) is 5.82 Å². The van der Waals surface area contributed by atoms with Crippen LogP contribution in [0.3, 0.4) is 0 Å². The summed E-state index contributed by atoms with van der Waals surface area (Å²) in [5.74, 6) is -0.142. The first kappa shape index (κ1) is 12.5. The Labute approximate surface area is 107 Å². The van der Waals surface area contributed by atoms with E-state index < -0.39 is 10.8 Å². The molecule has 0 aliphatic heterocycles. The third-order valence-corrected chi connectivity index (χ3v) is 2.39. The SMILES string of the molecule is NC(=O)c1ccc([N+](=O)[O-])c(NCc2ncn[nH]2)c1. The molecule has 9 nitrogen and oxygen atoms in total. The molecule has 0 spiro atoms. The Hall–Kier alpha value is -2.97. The molecule has 1 heterocycles. The molecule has 0 fully saturated rings. The number of aromatic amines is 1. The number of nitro groups is 1. The van der Waals surface area contributed by atoms with Gasteiger partial charge in [0.25, 0.3) is 5.69 Å². The molecule has 2 rings (SSSR count). The minimum absolute atomic E-state index is 0.149. The first-order valence-corrected chi connectivity index (χ1v) is 5.24. The lowest BCUT2D eigenvalue weighted by Crippen LogP contribution is -2.12. The zero-order chi connectivity index (χ0) is 13.8. The van der Waals surface area contributed by atoms with Gasteiger partial charge in [-0.1, -0.05) is 0 Å². The van der Waals surface area contributed by atoms with Crippen LogP contribution >= 0.6 is 0 Å². The topological polar surface area (TPSA) is 140 Å². The lowest BCUT2D eigenvalue weighted by atomic mass is 10.1. The number of nitrogens with one attached hydrogen (secondary N) is 2. The number of nitrogens with two attached hydrogens (primary N) is 1. The highest BCUT2D eigenvalue weighted by Gasteiger charge is 2.15. The molecule has 1 amide bonds.